The Morgan fingerprint density at radius 3 is 2.27 bits per heavy atom. The SMILES string of the molecule is COc1ccc(C(=O)[C@H]2[C@H]3C(=O)N(c4ccc(C)cc4)C(=O)[C@H]3[C@@H]3C=Cc4ccccc4N32)cc1OC. The Kier molecular flexibility index (Phi) is 5.37. The van der Waals surface area contributed by atoms with Crippen LogP contribution in [0.4, 0.5) is 11.4 Å². The average molecular weight is 495 g/mol. The van der Waals surface area contributed by atoms with Crippen LogP contribution in [0.5, 0.6) is 11.5 Å². The molecule has 0 aliphatic carbocycles. The first-order valence-electron chi connectivity index (χ1n) is 12.2. The van der Waals surface area contributed by atoms with E-state index in [4.69, 9.17) is 9.47 Å². The lowest BCUT2D eigenvalue weighted by molar-refractivity contribution is -0.122. The first-order valence-corrected chi connectivity index (χ1v) is 12.2. The fourth-order valence-electron chi connectivity index (χ4n) is 5.92. The Morgan fingerprint density at radius 1 is 0.838 bits per heavy atom. The molecule has 2 amide bonds. The van der Waals surface area contributed by atoms with E-state index in [1.54, 1.807) is 30.3 Å². The zero-order valence-electron chi connectivity index (χ0n) is 20.8. The van der Waals surface area contributed by atoms with Gasteiger partial charge in [-0.15, -0.1) is 0 Å². The van der Waals surface area contributed by atoms with Crippen molar-refractivity contribution in [2.45, 2.75) is 19.0 Å². The molecule has 7 nitrogen and oxygen atoms in total. The Bertz CT molecular complexity index is 1460. The highest BCUT2D eigenvalue weighted by atomic mass is 16.5. The van der Waals surface area contributed by atoms with Crippen molar-refractivity contribution < 1.29 is 23.9 Å². The molecule has 3 aliphatic rings. The maximum absolute atomic E-state index is 14.2. The number of carbonyl (C=O) groups is 3. The van der Waals surface area contributed by atoms with E-state index < -0.39 is 23.9 Å². The molecular formula is C30H26N2O5. The fourth-order valence-corrected chi connectivity index (χ4v) is 5.92. The van der Waals surface area contributed by atoms with E-state index in [1.807, 2.05) is 60.4 Å². The number of rotatable bonds is 5. The maximum atomic E-state index is 14.2. The number of hydrogen-bond acceptors (Lipinski definition) is 6. The minimum absolute atomic E-state index is 0.240. The van der Waals surface area contributed by atoms with Gasteiger partial charge in [-0.25, -0.2) is 4.90 Å². The predicted octanol–water partition coefficient (Wildman–Crippen LogP) is 4.28. The van der Waals surface area contributed by atoms with Crippen LogP contribution in [0.2, 0.25) is 0 Å². The molecule has 0 spiro atoms. The van der Waals surface area contributed by atoms with Gasteiger partial charge >= 0.3 is 0 Å². The molecule has 3 heterocycles. The summed E-state index contributed by atoms with van der Waals surface area (Å²) in [5, 5.41) is 0. The number of ether oxygens (including phenoxy) is 2. The minimum atomic E-state index is -0.855. The van der Waals surface area contributed by atoms with Crippen LogP contribution in [-0.2, 0) is 9.59 Å². The number of Topliss-reactive ketones (excluding diaryl/α,β-unsaturated/α-hetero) is 1. The van der Waals surface area contributed by atoms with Gasteiger partial charge in [0.1, 0.15) is 6.04 Å². The van der Waals surface area contributed by atoms with E-state index in [0.29, 0.717) is 22.7 Å². The van der Waals surface area contributed by atoms with Crippen molar-refractivity contribution in [1.82, 2.24) is 0 Å². The van der Waals surface area contributed by atoms with Gasteiger partial charge in [-0.2, -0.15) is 0 Å². The highest BCUT2D eigenvalue weighted by Gasteiger charge is 2.64. The van der Waals surface area contributed by atoms with Gasteiger partial charge in [0.15, 0.2) is 17.3 Å². The highest BCUT2D eigenvalue weighted by molar-refractivity contribution is 6.25. The second-order valence-corrected chi connectivity index (χ2v) is 9.59. The number of benzene rings is 3. The third kappa shape index (κ3) is 3.38. The van der Waals surface area contributed by atoms with Crippen LogP contribution < -0.4 is 19.3 Å². The number of fused-ring (bicyclic) bond motifs is 5. The van der Waals surface area contributed by atoms with Crippen molar-refractivity contribution in [3.8, 4) is 11.5 Å². The van der Waals surface area contributed by atoms with E-state index in [1.165, 1.54) is 19.1 Å². The lowest BCUT2D eigenvalue weighted by Gasteiger charge is -2.36. The monoisotopic (exact) mass is 494 g/mol. The first-order chi connectivity index (χ1) is 17.9. The topological polar surface area (TPSA) is 76.2 Å². The molecule has 3 aliphatic heterocycles. The molecule has 0 radical (unpaired) electrons. The second kappa shape index (κ2) is 8.62. The Labute approximate surface area is 214 Å². The summed E-state index contributed by atoms with van der Waals surface area (Å²) < 4.78 is 10.8. The van der Waals surface area contributed by atoms with Crippen LogP contribution in [0.1, 0.15) is 21.5 Å². The van der Waals surface area contributed by atoms with Gasteiger partial charge in [0.2, 0.25) is 11.8 Å². The van der Waals surface area contributed by atoms with Gasteiger partial charge in [-0.05, 0) is 48.9 Å². The number of carbonyl (C=O) groups excluding carboxylic acids is 3. The van der Waals surface area contributed by atoms with Crippen LogP contribution in [-0.4, -0.2) is 43.9 Å². The molecule has 0 bridgehead atoms. The summed E-state index contributed by atoms with van der Waals surface area (Å²) in [5.74, 6) is -1.43. The summed E-state index contributed by atoms with van der Waals surface area (Å²) in [6, 6.07) is 18.8. The molecule has 0 saturated carbocycles. The predicted molar refractivity (Wildman–Crippen MR) is 140 cm³/mol. The van der Waals surface area contributed by atoms with E-state index >= 15 is 0 Å². The number of anilines is 2. The number of para-hydroxylation sites is 1. The first kappa shape index (κ1) is 23.0. The third-order valence-electron chi connectivity index (χ3n) is 7.64. The Balaban J connectivity index is 1.48. The van der Waals surface area contributed by atoms with Gasteiger partial charge < -0.3 is 14.4 Å². The van der Waals surface area contributed by atoms with Crippen molar-refractivity contribution >= 4 is 35.0 Å². The molecule has 3 aromatic carbocycles. The van der Waals surface area contributed by atoms with Crippen LogP contribution in [0.15, 0.2) is 72.8 Å². The maximum Gasteiger partial charge on any atom is 0.240 e. The van der Waals surface area contributed by atoms with Crippen molar-refractivity contribution in [3.05, 3.63) is 89.5 Å². The molecule has 0 N–H and O–H groups in total. The van der Waals surface area contributed by atoms with Gasteiger partial charge in [0.25, 0.3) is 0 Å². The minimum Gasteiger partial charge on any atom is -0.493 e. The summed E-state index contributed by atoms with van der Waals surface area (Å²) in [6.45, 7) is 1.95. The van der Waals surface area contributed by atoms with Gasteiger partial charge in [0.05, 0.1) is 37.8 Å². The average Bonchev–Trinajstić information content (AvgIpc) is 3.41. The van der Waals surface area contributed by atoms with E-state index in [-0.39, 0.29) is 17.6 Å². The molecule has 0 unspecified atom stereocenters. The number of amides is 2. The van der Waals surface area contributed by atoms with E-state index in [2.05, 4.69) is 0 Å². The summed E-state index contributed by atoms with van der Waals surface area (Å²) in [6.07, 6.45) is 3.93. The summed E-state index contributed by atoms with van der Waals surface area (Å²) in [7, 11) is 3.04. The molecule has 2 saturated heterocycles. The highest BCUT2D eigenvalue weighted by Crippen LogP contribution is 2.50. The van der Waals surface area contributed by atoms with Crippen molar-refractivity contribution in [2.75, 3.05) is 24.0 Å². The Hall–Kier alpha value is -4.39. The molecule has 0 aromatic heterocycles. The largest absolute Gasteiger partial charge is 0.493 e. The zero-order valence-corrected chi connectivity index (χ0v) is 20.8. The quantitative estimate of drug-likeness (QED) is 0.389. The fraction of sp³-hybridized carbons (Fsp3) is 0.233. The molecule has 4 atom stereocenters. The molecule has 2 fully saturated rings. The van der Waals surface area contributed by atoms with Gasteiger partial charge in [0, 0.05) is 11.3 Å². The molecular weight excluding hydrogens is 468 g/mol. The Morgan fingerprint density at radius 2 is 1.54 bits per heavy atom. The number of nitrogens with zero attached hydrogens (tertiary/aromatic N) is 2. The van der Waals surface area contributed by atoms with Crippen molar-refractivity contribution in [3.63, 3.8) is 0 Å². The van der Waals surface area contributed by atoms with Crippen molar-refractivity contribution in [1.29, 1.82) is 0 Å². The summed E-state index contributed by atoms with van der Waals surface area (Å²) in [5.41, 5.74) is 3.73. The van der Waals surface area contributed by atoms with Crippen LogP contribution in [0.25, 0.3) is 6.08 Å². The number of ketones is 1. The van der Waals surface area contributed by atoms with Gasteiger partial charge in [-0.3, -0.25) is 14.4 Å². The number of methoxy groups -OCH3 is 2. The number of imide groups is 1. The number of hydrogen-bond donors (Lipinski definition) is 0. The lowest BCUT2D eigenvalue weighted by atomic mass is 9.86. The lowest BCUT2D eigenvalue weighted by Crippen LogP contribution is -2.48. The molecule has 37 heavy (non-hydrogen) atoms. The molecule has 186 valence electrons. The molecule has 7 heteroatoms. The van der Waals surface area contributed by atoms with Crippen LogP contribution >= 0.6 is 0 Å². The standard InChI is InChI=1S/C30H26N2O5/c1-17-8-12-20(13-9-17)31-29(34)25-22-14-10-18-6-4-5-7-21(18)32(22)27(26(25)30(31)35)28(33)19-11-15-23(36-2)24(16-19)37-3/h4-16,22,25-27H,1-3H3/t22-,25-,26-,27+/m0/s1. The zero-order chi connectivity index (χ0) is 25.8. The van der Waals surface area contributed by atoms with Crippen LogP contribution in [0.3, 0.4) is 0 Å². The van der Waals surface area contributed by atoms with Crippen LogP contribution in [0, 0.1) is 18.8 Å². The number of aryl methyl sites for hydroxylation is 1. The van der Waals surface area contributed by atoms with E-state index in [0.717, 1.165) is 16.8 Å². The third-order valence-corrected chi connectivity index (χ3v) is 7.64. The summed E-state index contributed by atoms with van der Waals surface area (Å²) in [4.78, 5) is 45.2. The second-order valence-electron chi connectivity index (χ2n) is 9.59. The van der Waals surface area contributed by atoms with Crippen molar-refractivity contribution in [2.24, 2.45) is 11.8 Å². The van der Waals surface area contributed by atoms with E-state index in [9.17, 15) is 14.4 Å². The summed E-state index contributed by atoms with van der Waals surface area (Å²) >= 11 is 0. The molecule has 6 rings (SSSR count). The van der Waals surface area contributed by atoms with Gasteiger partial charge in [-0.1, -0.05) is 48.0 Å². The smallest absolute Gasteiger partial charge is 0.240 e. The normalized spacial score (nSPS) is 23.5. The molecule has 3 aromatic rings.